The van der Waals surface area contributed by atoms with Crippen molar-refractivity contribution in [1.82, 2.24) is 25.8 Å². The van der Waals surface area contributed by atoms with Crippen LogP contribution in [0.15, 0.2) is 60.8 Å². The van der Waals surface area contributed by atoms with Gasteiger partial charge < -0.3 is 41.8 Å². The van der Waals surface area contributed by atoms with E-state index in [9.17, 15) is 39.0 Å². The minimum absolute atomic E-state index is 0.00895. The summed E-state index contributed by atoms with van der Waals surface area (Å²) in [4.78, 5) is 81.2. The third-order valence-corrected chi connectivity index (χ3v) is 7.87. The molecular formula is C32H38N6O8. The van der Waals surface area contributed by atoms with Crippen molar-refractivity contribution in [3.63, 3.8) is 0 Å². The molecular weight excluding hydrogens is 596 g/mol. The molecule has 1 aliphatic rings. The fourth-order valence-electron chi connectivity index (χ4n) is 5.50. The Kier molecular flexibility index (Phi) is 11.1. The number of likely N-dealkylation sites (tertiary alicyclic amines) is 1. The summed E-state index contributed by atoms with van der Waals surface area (Å²) < 4.78 is 0. The van der Waals surface area contributed by atoms with E-state index in [2.05, 4.69) is 20.9 Å². The number of H-pyrrole nitrogens is 1. The molecule has 2 heterocycles. The van der Waals surface area contributed by atoms with Crippen molar-refractivity contribution in [1.29, 1.82) is 0 Å². The van der Waals surface area contributed by atoms with E-state index in [0.717, 1.165) is 10.9 Å². The van der Waals surface area contributed by atoms with Gasteiger partial charge in [0.2, 0.25) is 23.6 Å². The third kappa shape index (κ3) is 8.47. The highest BCUT2D eigenvalue weighted by Crippen LogP contribution is 2.21. The molecule has 8 N–H and O–H groups in total. The lowest BCUT2D eigenvalue weighted by molar-refractivity contribution is -0.147. The number of nitrogens with two attached hydrogens (primary N) is 1. The maximum atomic E-state index is 13.7. The molecule has 0 aliphatic carbocycles. The average Bonchev–Trinajstić information content (AvgIpc) is 3.67. The van der Waals surface area contributed by atoms with Gasteiger partial charge in [0.25, 0.3) is 0 Å². The minimum atomic E-state index is -1.57. The normalized spacial score (nSPS) is 17.0. The summed E-state index contributed by atoms with van der Waals surface area (Å²) in [6.07, 6.45) is 1.55. The molecule has 1 fully saturated rings. The molecule has 14 nitrogen and oxygen atoms in total. The van der Waals surface area contributed by atoms with Crippen LogP contribution in [0.5, 0.6) is 0 Å². The van der Waals surface area contributed by atoms with Gasteiger partial charge in [0.05, 0.1) is 12.5 Å². The number of amides is 4. The highest BCUT2D eigenvalue weighted by atomic mass is 16.4. The van der Waals surface area contributed by atoms with Crippen LogP contribution in [0, 0.1) is 0 Å². The number of para-hydroxylation sites is 1. The van der Waals surface area contributed by atoms with Gasteiger partial charge in [-0.1, -0.05) is 48.5 Å². The number of hydrogen-bond acceptors (Lipinski definition) is 7. The van der Waals surface area contributed by atoms with E-state index in [1.54, 1.807) is 36.5 Å². The van der Waals surface area contributed by atoms with Gasteiger partial charge in [0.15, 0.2) is 0 Å². The van der Waals surface area contributed by atoms with Crippen molar-refractivity contribution in [2.24, 2.45) is 5.73 Å². The molecule has 2 aromatic carbocycles. The molecule has 1 saturated heterocycles. The molecule has 0 radical (unpaired) electrons. The topological polar surface area (TPSA) is 224 Å². The second kappa shape index (κ2) is 15.2. The number of carbonyl (C=O) groups is 6. The van der Waals surface area contributed by atoms with Crippen LogP contribution in [-0.4, -0.2) is 92.4 Å². The first kappa shape index (κ1) is 33.6. The Morgan fingerprint density at radius 3 is 2.24 bits per heavy atom. The Morgan fingerprint density at radius 1 is 0.891 bits per heavy atom. The zero-order chi connectivity index (χ0) is 33.4. The summed E-state index contributed by atoms with van der Waals surface area (Å²) in [6.45, 7) is 1.54. The zero-order valence-corrected chi connectivity index (χ0v) is 25.3. The summed E-state index contributed by atoms with van der Waals surface area (Å²) in [7, 11) is 0. The number of carboxylic acids is 2. The average molecular weight is 635 g/mol. The van der Waals surface area contributed by atoms with E-state index in [0.29, 0.717) is 17.5 Å². The number of carbonyl (C=O) groups excluding carboxylic acids is 4. The first-order valence-corrected chi connectivity index (χ1v) is 14.9. The minimum Gasteiger partial charge on any atom is -0.481 e. The van der Waals surface area contributed by atoms with Gasteiger partial charge >= 0.3 is 11.9 Å². The van der Waals surface area contributed by atoms with Crippen molar-refractivity contribution in [2.75, 3.05) is 6.54 Å². The quantitative estimate of drug-likeness (QED) is 0.129. The number of rotatable bonds is 14. The highest BCUT2D eigenvalue weighted by molar-refractivity contribution is 5.97. The molecule has 0 spiro atoms. The molecule has 0 unspecified atom stereocenters. The van der Waals surface area contributed by atoms with E-state index in [-0.39, 0.29) is 25.8 Å². The van der Waals surface area contributed by atoms with Crippen LogP contribution in [-0.2, 0) is 41.6 Å². The molecule has 4 amide bonds. The molecule has 244 valence electrons. The van der Waals surface area contributed by atoms with Crippen LogP contribution in [0.25, 0.3) is 10.9 Å². The molecule has 3 aromatic rings. The van der Waals surface area contributed by atoms with Crippen molar-refractivity contribution in [3.05, 3.63) is 71.9 Å². The van der Waals surface area contributed by atoms with Crippen LogP contribution < -0.4 is 21.7 Å². The summed E-state index contributed by atoms with van der Waals surface area (Å²) in [5.74, 6) is -5.57. The summed E-state index contributed by atoms with van der Waals surface area (Å²) >= 11 is 0. The monoisotopic (exact) mass is 634 g/mol. The standard InChI is InChI=1S/C32H38N6O8/c1-18(33)28(41)35-23(15-20-17-34-22-11-6-5-10-21(20)22)29(42)36-24(16-27(39)40)31(44)38-13-7-12-26(38)30(43)37-25(32(45)46)14-19-8-3-2-4-9-19/h2-6,8-11,17-18,23-26,34H,7,12-16,33H2,1H3,(H,35,41)(H,36,42)(H,37,43)(H,39,40)(H,45,46)/t18-,23-,24-,25-,26-/m0/s1. The van der Waals surface area contributed by atoms with Gasteiger partial charge in [-0.25, -0.2) is 4.79 Å². The molecule has 1 aliphatic heterocycles. The zero-order valence-electron chi connectivity index (χ0n) is 25.3. The second-order valence-electron chi connectivity index (χ2n) is 11.4. The molecule has 0 saturated carbocycles. The fraction of sp³-hybridized carbons (Fsp3) is 0.375. The second-order valence-corrected chi connectivity index (χ2v) is 11.4. The predicted octanol–water partition coefficient (Wildman–Crippen LogP) is 0.305. The number of aliphatic carboxylic acids is 2. The maximum absolute atomic E-state index is 13.7. The first-order valence-electron chi connectivity index (χ1n) is 14.9. The van der Waals surface area contributed by atoms with E-state index in [1.165, 1.54) is 11.8 Å². The summed E-state index contributed by atoms with van der Waals surface area (Å²) in [6, 6.07) is 10.0. The Morgan fingerprint density at radius 2 is 1.57 bits per heavy atom. The van der Waals surface area contributed by atoms with Crippen LogP contribution in [0.2, 0.25) is 0 Å². The van der Waals surface area contributed by atoms with Gasteiger partial charge in [-0.15, -0.1) is 0 Å². The lowest BCUT2D eigenvalue weighted by Crippen LogP contribution is -2.59. The van der Waals surface area contributed by atoms with Crippen molar-refractivity contribution < 1.29 is 39.0 Å². The molecule has 46 heavy (non-hydrogen) atoms. The fourth-order valence-corrected chi connectivity index (χ4v) is 5.50. The maximum Gasteiger partial charge on any atom is 0.326 e. The molecule has 5 atom stereocenters. The van der Waals surface area contributed by atoms with Crippen LogP contribution >= 0.6 is 0 Å². The largest absolute Gasteiger partial charge is 0.481 e. The van der Waals surface area contributed by atoms with Gasteiger partial charge in [-0.05, 0) is 37.0 Å². The van der Waals surface area contributed by atoms with Crippen LogP contribution in [0.1, 0.15) is 37.3 Å². The van der Waals surface area contributed by atoms with Gasteiger partial charge in [-0.3, -0.25) is 24.0 Å². The van der Waals surface area contributed by atoms with E-state index in [4.69, 9.17) is 5.73 Å². The van der Waals surface area contributed by atoms with E-state index < -0.39 is 72.2 Å². The van der Waals surface area contributed by atoms with Crippen molar-refractivity contribution >= 4 is 46.5 Å². The smallest absolute Gasteiger partial charge is 0.326 e. The number of aromatic amines is 1. The van der Waals surface area contributed by atoms with Gasteiger partial charge in [0.1, 0.15) is 24.2 Å². The third-order valence-electron chi connectivity index (χ3n) is 7.87. The SMILES string of the molecule is C[C@H](N)C(=O)N[C@@H](Cc1c[nH]c2ccccc12)C(=O)N[C@@H](CC(=O)O)C(=O)N1CCC[C@H]1C(=O)N[C@@H](Cc1ccccc1)C(=O)O. The summed E-state index contributed by atoms with van der Waals surface area (Å²) in [5.41, 5.74) is 7.92. The molecule has 1 aromatic heterocycles. The number of benzene rings is 2. The predicted molar refractivity (Wildman–Crippen MR) is 166 cm³/mol. The lowest BCUT2D eigenvalue weighted by Gasteiger charge is -2.30. The van der Waals surface area contributed by atoms with Crippen molar-refractivity contribution in [2.45, 2.75) is 69.2 Å². The van der Waals surface area contributed by atoms with Crippen molar-refractivity contribution in [3.8, 4) is 0 Å². The Balaban J connectivity index is 1.51. The van der Waals surface area contributed by atoms with Crippen LogP contribution in [0.3, 0.4) is 0 Å². The number of nitrogens with one attached hydrogen (secondary N) is 4. The van der Waals surface area contributed by atoms with Gasteiger partial charge in [-0.2, -0.15) is 0 Å². The van der Waals surface area contributed by atoms with Crippen LogP contribution in [0.4, 0.5) is 0 Å². The highest BCUT2D eigenvalue weighted by Gasteiger charge is 2.40. The Bertz CT molecular complexity index is 1590. The Labute approximate surface area is 264 Å². The number of hydrogen-bond donors (Lipinski definition) is 7. The number of fused-ring (bicyclic) bond motifs is 1. The lowest BCUT2D eigenvalue weighted by atomic mass is 10.0. The Hall–Kier alpha value is -5.24. The molecule has 4 rings (SSSR count). The van der Waals surface area contributed by atoms with E-state index >= 15 is 0 Å². The van der Waals surface area contributed by atoms with E-state index in [1.807, 2.05) is 24.3 Å². The molecule has 14 heteroatoms. The number of aromatic nitrogens is 1. The number of nitrogens with zero attached hydrogens (tertiary/aromatic N) is 1. The molecule has 0 bridgehead atoms. The summed E-state index contributed by atoms with van der Waals surface area (Å²) in [5, 5.41) is 27.7. The number of carboxylic acid groups (broad SMARTS) is 2. The van der Waals surface area contributed by atoms with Gasteiger partial charge in [0, 0.05) is 36.5 Å². The first-order chi connectivity index (χ1) is 21.9.